The molecule has 5 heteroatoms. The van der Waals surface area contributed by atoms with Gasteiger partial charge in [0.25, 0.3) is 0 Å². The van der Waals surface area contributed by atoms with Crippen molar-refractivity contribution < 1.29 is 5.11 Å². The zero-order chi connectivity index (χ0) is 12.7. The molecule has 0 aliphatic carbocycles. The molecule has 0 radical (unpaired) electrons. The van der Waals surface area contributed by atoms with Crippen LogP contribution in [0.1, 0.15) is 50.8 Å². The van der Waals surface area contributed by atoms with E-state index in [1.54, 1.807) is 0 Å². The normalized spacial score (nSPS) is 28.9. The van der Waals surface area contributed by atoms with Crippen LogP contribution in [-0.4, -0.2) is 43.5 Å². The number of aliphatic hydroxyl groups excluding tert-OH is 1. The molecule has 1 N–H and O–H groups in total. The van der Waals surface area contributed by atoms with Crippen LogP contribution in [0.4, 0.5) is 0 Å². The van der Waals surface area contributed by atoms with Crippen LogP contribution in [0.15, 0.2) is 0 Å². The molecule has 0 aromatic carbocycles. The fraction of sp³-hybridized carbons (Fsp3) is 0.846. The molecular weight excluding hydrogens is 228 g/mol. The van der Waals surface area contributed by atoms with Gasteiger partial charge < -0.3 is 5.11 Å². The minimum absolute atomic E-state index is 0.253. The highest BCUT2D eigenvalue weighted by molar-refractivity contribution is 5.04. The van der Waals surface area contributed by atoms with Crippen LogP contribution in [0, 0.1) is 0 Å². The van der Waals surface area contributed by atoms with Crippen LogP contribution in [0.5, 0.6) is 0 Å². The van der Waals surface area contributed by atoms with Crippen molar-refractivity contribution in [1.82, 2.24) is 19.7 Å². The Kier molecular flexibility index (Phi) is 3.11. The molecule has 2 aliphatic heterocycles. The maximum Gasteiger partial charge on any atom is 0.168 e. The summed E-state index contributed by atoms with van der Waals surface area (Å²) in [6.07, 6.45) is 3.80. The predicted molar refractivity (Wildman–Crippen MR) is 68.2 cm³/mol. The molecule has 100 valence electrons. The summed E-state index contributed by atoms with van der Waals surface area (Å²) in [7, 11) is 0. The molecule has 5 nitrogen and oxygen atoms in total. The lowest BCUT2D eigenvalue weighted by molar-refractivity contribution is 0.124. The van der Waals surface area contributed by atoms with Crippen LogP contribution < -0.4 is 0 Å². The predicted octanol–water partition coefficient (Wildman–Crippen LogP) is 1.13. The lowest BCUT2D eigenvalue weighted by Crippen LogP contribution is -2.30. The first-order chi connectivity index (χ1) is 8.65. The van der Waals surface area contributed by atoms with Crippen molar-refractivity contribution in [2.75, 3.05) is 6.54 Å². The molecule has 0 amide bonds. The number of hydrogen-bond acceptors (Lipinski definition) is 4. The monoisotopic (exact) mass is 250 g/mol. The molecular formula is C13H22N4O. The zero-order valence-corrected chi connectivity index (χ0v) is 11.2. The molecule has 1 saturated heterocycles. The standard InChI is InChI=1S/C13H22N4O/c1-9(2)16-7-3-4-11(16)13-14-12-6-5-10(18)8-17(12)15-13/h9-11,18H,3-8H2,1-2H3. The van der Waals surface area contributed by atoms with Crippen molar-refractivity contribution in [3.8, 4) is 0 Å². The Hall–Kier alpha value is -0.940. The Labute approximate surface area is 108 Å². The molecule has 1 aromatic heterocycles. The van der Waals surface area contributed by atoms with Gasteiger partial charge in [0.05, 0.1) is 18.7 Å². The highest BCUT2D eigenvalue weighted by Gasteiger charge is 2.32. The zero-order valence-electron chi connectivity index (χ0n) is 11.2. The second-order valence-corrected chi connectivity index (χ2v) is 5.75. The van der Waals surface area contributed by atoms with E-state index in [2.05, 4.69) is 23.8 Å². The molecule has 2 atom stereocenters. The first-order valence-corrected chi connectivity index (χ1v) is 7.02. The molecule has 1 aromatic rings. The fourth-order valence-corrected chi connectivity index (χ4v) is 3.14. The topological polar surface area (TPSA) is 54.2 Å². The van der Waals surface area contributed by atoms with Gasteiger partial charge in [-0.25, -0.2) is 9.67 Å². The van der Waals surface area contributed by atoms with Crippen molar-refractivity contribution in [3.05, 3.63) is 11.6 Å². The van der Waals surface area contributed by atoms with Crippen LogP contribution in [-0.2, 0) is 13.0 Å². The van der Waals surface area contributed by atoms with E-state index < -0.39 is 0 Å². The first kappa shape index (κ1) is 12.1. The minimum atomic E-state index is -0.253. The lowest BCUT2D eigenvalue weighted by Gasteiger charge is -2.26. The summed E-state index contributed by atoms with van der Waals surface area (Å²) in [6.45, 7) is 6.22. The quantitative estimate of drug-likeness (QED) is 0.855. The maximum atomic E-state index is 9.67. The number of hydrogen-bond donors (Lipinski definition) is 1. The van der Waals surface area contributed by atoms with E-state index in [4.69, 9.17) is 4.98 Å². The highest BCUT2D eigenvalue weighted by Crippen LogP contribution is 2.32. The fourth-order valence-electron chi connectivity index (χ4n) is 3.14. The van der Waals surface area contributed by atoms with Crippen LogP contribution >= 0.6 is 0 Å². The van der Waals surface area contributed by atoms with Crippen molar-refractivity contribution in [2.45, 2.75) is 64.3 Å². The summed E-state index contributed by atoms with van der Waals surface area (Å²) < 4.78 is 1.90. The summed E-state index contributed by atoms with van der Waals surface area (Å²) in [5.74, 6) is 2.01. The van der Waals surface area contributed by atoms with Gasteiger partial charge in [0.2, 0.25) is 0 Å². The molecule has 0 spiro atoms. The van der Waals surface area contributed by atoms with Crippen LogP contribution in [0.25, 0.3) is 0 Å². The molecule has 2 unspecified atom stereocenters. The Morgan fingerprint density at radius 3 is 2.94 bits per heavy atom. The van der Waals surface area contributed by atoms with Gasteiger partial charge in [0.15, 0.2) is 5.82 Å². The van der Waals surface area contributed by atoms with E-state index in [-0.39, 0.29) is 6.10 Å². The SMILES string of the molecule is CC(C)N1CCCC1c1nc2n(n1)CC(O)CC2. The van der Waals surface area contributed by atoms with E-state index in [1.165, 1.54) is 6.42 Å². The summed E-state index contributed by atoms with van der Waals surface area (Å²) in [6, 6.07) is 0.920. The van der Waals surface area contributed by atoms with Crippen LogP contribution in [0.2, 0.25) is 0 Å². The van der Waals surface area contributed by atoms with Crippen molar-refractivity contribution >= 4 is 0 Å². The smallest absolute Gasteiger partial charge is 0.168 e. The largest absolute Gasteiger partial charge is 0.391 e. The lowest BCUT2D eigenvalue weighted by atomic mass is 10.1. The second kappa shape index (κ2) is 4.63. The van der Waals surface area contributed by atoms with E-state index in [0.717, 1.165) is 37.5 Å². The van der Waals surface area contributed by atoms with Crippen molar-refractivity contribution in [2.24, 2.45) is 0 Å². The average Bonchev–Trinajstić information content (AvgIpc) is 2.93. The Bertz CT molecular complexity index is 429. The van der Waals surface area contributed by atoms with Gasteiger partial charge in [0.1, 0.15) is 5.82 Å². The molecule has 1 fully saturated rings. The Balaban J connectivity index is 1.84. The van der Waals surface area contributed by atoms with Crippen molar-refractivity contribution in [3.63, 3.8) is 0 Å². The summed E-state index contributed by atoms with van der Waals surface area (Å²) in [5, 5.41) is 14.3. The van der Waals surface area contributed by atoms with Gasteiger partial charge in [-0.05, 0) is 39.7 Å². The number of fused-ring (bicyclic) bond motifs is 1. The Morgan fingerprint density at radius 1 is 1.33 bits per heavy atom. The third-order valence-electron chi connectivity index (χ3n) is 4.11. The number of nitrogens with zero attached hydrogens (tertiary/aromatic N) is 4. The number of likely N-dealkylation sites (tertiary alicyclic amines) is 1. The molecule has 3 rings (SSSR count). The number of aromatic nitrogens is 3. The first-order valence-electron chi connectivity index (χ1n) is 7.02. The van der Waals surface area contributed by atoms with Gasteiger partial charge in [0, 0.05) is 12.5 Å². The summed E-state index contributed by atoms with van der Waals surface area (Å²) >= 11 is 0. The maximum absolute atomic E-state index is 9.67. The minimum Gasteiger partial charge on any atom is -0.391 e. The van der Waals surface area contributed by atoms with E-state index >= 15 is 0 Å². The molecule has 3 heterocycles. The van der Waals surface area contributed by atoms with Gasteiger partial charge in [-0.3, -0.25) is 4.90 Å². The van der Waals surface area contributed by atoms with Gasteiger partial charge in [-0.15, -0.1) is 0 Å². The van der Waals surface area contributed by atoms with Crippen molar-refractivity contribution in [1.29, 1.82) is 0 Å². The van der Waals surface area contributed by atoms with Gasteiger partial charge >= 0.3 is 0 Å². The van der Waals surface area contributed by atoms with Gasteiger partial charge in [-0.1, -0.05) is 0 Å². The third-order valence-corrected chi connectivity index (χ3v) is 4.11. The average molecular weight is 250 g/mol. The third kappa shape index (κ3) is 2.06. The van der Waals surface area contributed by atoms with E-state index in [1.807, 2.05) is 4.68 Å². The summed E-state index contributed by atoms with van der Waals surface area (Å²) in [5.41, 5.74) is 0. The van der Waals surface area contributed by atoms with E-state index in [0.29, 0.717) is 18.6 Å². The number of rotatable bonds is 2. The van der Waals surface area contributed by atoms with E-state index in [9.17, 15) is 5.11 Å². The highest BCUT2D eigenvalue weighted by atomic mass is 16.3. The molecule has 0 bridgehead atoms. The molecule has 18 heavy (non-hydrogen) atoms. The van der Waals surface area contributed by atoms with Crippen LogP contribution in [0.3, 0.4) is 0 Å². The second-order valence-electron chi connectivity index (χ2n) is 5.75. The summed E-state index contributed by atoms with van der Waals surface area (Å²) in [4.78, 5) is 7.18. The number of aliphatic hydroxyl groups is 1. The molecule has 2 aliphatic rings. The van der Waals surface area contributed by atoms with Gasteiger partial charge in [-0.2, -0.15) is 5.10 Å². The molecule has 0 saturated carbocycles. The number of aryl methyl sites for hydroxylation is 1. The Morgan fingerprint density at radius 2 is 2.17 bits per heavy atom.